The Kier molecular flexibility index (Phi) is 4.90. The predicted octanol–water partition coefficient (Wildman–Crippen LogP) is 1.32. The van der Waals surface area contributed by atoms with Gasteiger partial charge in [-0.2, -0.15) is 5.10 Å². The van der Waals surface area contributed by atoms with E-state index in [4.69, 9.17) is 15.3 Å². The maximum absolute atomic E-state index is 13.7. The number of rotatable bonds is 8. The molecule has 1 unspecified atom stereocenters. The number of aryl methyl sites for hydroxylation is 1. The Bertz CT molecular complexity index is 1350. The minimum Gasteiger partial charge on any atom is -0.463 e. The Hall–Kier alpha value is -4.13. The Morgan fingerprint density at radius 3 is 2.81 bits per heavy atom. The third-order valence-electron chi connectivity index (χ3n) is 7.24. The van der Waals surface area contributed by atoms with Crippen LogP contribution in [-0.4, -0.2) is 79.2 Å². The maximum atomic E-state index is 13.7. The molecule has 0 radical (unpaired) electrons. The summed E-state index contributed by atoms with van der Waals surface area (Å²) in [4.78, 5) is 37.2. The van der Waals surface area contributed by atoms with Gasteiger partial charge in [0.2, 0.25) is 6.29 Å². The fourth-order valence-electron chi connectivity index (χ4n) is 4.92. The van der Waals surface area contributed by atoms with Crippen LogP contribution in [-0.2, 0) is 6.54 Å². The predicted molar refractivity (Wildman–Crippen MR) is 132 cm³/mol. The number of urea groups is 1. The molecule has 192 valence electrons. The molecular formula is C24H28N10O3. The fourth-order valence-corrected chi connectivity index (χ4v) is 4.92. The van der Waals surface area contributed by atoms with Crippen molar-refractivity contribution in [3.63, 3.8) is 0 Å². The molecule has 0 aromatic carbocycles. The Morgan fingerprint density at radius 2 is 2.08 bits per heavy atom. The fraction of sp³-hybridized carbons (Fsp3) is 0.458. The van der Waals surface area contributed by atoms with Gasteiger partial charge in [-0.3, -0.25) is 14.4 Å². The number of amides is 3. The number of carbonyl (C=O) groups excluding carboxylic acids is 2. The first-order valence-electron chi connectivity index (χ1n) is 12.6. The van der Waals surface area contributed by atoms with E-state index in [0.29, 0.717) is 54.2 Å². The summed E-state index contributed by atoms with van der Waals surface area (Å²) in [6.07, 6.45) is 6.72. The SMILES string of the molecule is Cc1cc(C(=O)NC2CC2)nn1CCN1C(=O)N(CC2CC2)N2C3=C(c4ccco4)N=CN(N)C3=NC12. The number of nitrogens with zero attached hydrogens (tertiary/aromatic N) is 8. The van der Waals surface area contributed by atoms with Gasteiger partial charge in [-0.25, -0.2) is 35.6 Å². The molecule has 2 aromatic heterocycles. The zero-order chi connectivity index (χ0) is 25.3. The normalized spacial score (nSPS) is 22.7. The van der Waals surface area contributed by atoms with Crippen molar-refractivity contribution in [1.82, 2.24) is 35.0 Å². The molecule has 2 saturated carbocycles. The number of hydrogen-bond donors (Lipinski definition) is 2. The summed E-state index contributed by atoms with van der Waals surface area (Å²) in [6, 6.07) is 5.55. The highest BCUT2D eigenvalue weighted by Gasteiger charge is 2.53. The summed E-state index contributed by atoms with van der Waals surface area (Å²) in [5, 5.41) is 12.5. The largest absolute Gasteiger partial charge is 0.463 e. The van der Waals surface area contributed by atoms with Crippen LogP contribution in [0, 0.1) is 12.8 Å². The van der Waals surface area contributed by atoms with Crippen molar-refractivity contribution in [3.05, 3.63) is 47.3 Å². The Labute approximate surface area is 212 Å². The van der Waals surface area contributed by atoms with Gasteiger partial charge in [0.1, 0.15) is 23.4 Å². The number of hydrogen-bond acceptors (Lipinski definition) is 9. The lowest BCUT2D eigenvalue weighted by atomic mass is 10.2. The van der Waals surface area contributed by atoms with Crippen LogP contribution in [0.3, 0.4) is 0 Å². The first-order valence-corrected chi connectivity index (χ1v) is 12.6. The highest BCUT2D eigenvalue weighted by atomic mass is 16.3. The number of furan rings is 1. The van der Waals surface area contributed by atoms with Gasteiger partial charge in [-0.05, 0) is 56.7 Å². The van der Waals surface area contributed by atoms with Crippen molar-refractivity contribution in [2.24, 2.45) is 21.7 Å². The highest BCUT2D eigenvalue weighted by Crippen LogP contribution is 2.41. The van der Waals surface area contributed by atoms with Gasteiger partial charge in [-0.1, -0.05) is 0 Å². The Morgan fingerprint density at radius 1 is 1.24 bits per heavy atom. The van der Waals surface area contributed by atoms with Crippen LogP contribution in [0.4, 0.5) is 4.79 Å². The summed E-state index contributed by atoms with van der Waals surface area (Å²) >= 11 is 0. The van der Waals surface area contributed by atoms with Crippen LogP contribution in [0.15, 0.2) is 44.6 Å². The van der Waals surface area contributed by atoms with Crippen LogP contribution in [0.25, 0.3) is 5.70 Å². The first-order chi connectivity index (χ1) is 18.0. The molecule has 5 heterocycles. The van der Waals surface area contributed by atoms with Gasteiger partial charge in [0.05, 0.1) is 12.8 Å². The van der Waals surface area contributed by atoms with Crippen molar-refractivity contribution < 1.29 is 14.0 Å². The molecule has 2 aliphatic carbocycles. The lowest BCUT2D eigenvalue weighted by Gasteiger charge is -2.30. The molecule has 3 amide bonds. The third-order valence-corrected chi connectivity index (χ3v) is 7.24. The van der Waals surface area contributed by atoms with Crippen molar-refractivity contribution in [3.8, 4) is 0 Å². The highest BCUT2D eigenvalue weighted by molar-refractivity contribution is 6.13. The lowest BCUT2D eigenvalue weighted by molar-refractivity contribution is 0.0590. The second-order valence-corrected chi connectivity index (χ2v) is 10.1. The van der Waals surface area contributed by atoms with Crippen LogP contribution in [0.1, 0.15) is 47.6 Å². The topological polar surface area (TPSA) is 141 Å². The van der Waals surface area contributed by atoms with E-state index in [1.807, 2.05) is 18.0 Å². The molecule has 1 saturated heterocycles. The molecule has 2 aromatic rings. The number of aliphatic imine (C=N–C) groups is 2. The van der Waals surface area contributed by atoms with E-state index in [-0.39, 0.29) is 18.0 Å². The van der Waals surface area contributed by atoms with Crippen LogP contribution >= 0.6 is 0 Å². The molecule has 13 heteroatoms. The van der Waals surface area contributed by atoms with E-state index in [0.717, 1.165) is 31.4 Å². The molecule has 0 spiro atoms. The molecule has 3 fully saturated rings. The number of carbonyl (C=O) groups is 2. The van der Waals surface area contributed by atoms with Gasteiger partial charge in [0.15, 0.2) is 11.6 Å². The summed E-state index contributed by atoms with van der Waals surface area (Å²) < 4.78 is 7.41. The number of hydrazine groups is 2. The number of nitrogens with one attached hydrogen (secondary N) is 1. The third kappa shape index (κ3) is 3.77. The number of nitrogens with two attached hydrogens (primary N) is 1. The molecule has 5 aliphatic rings. The first kappa shape index (κ1) is 22.1. The minimum absolute atomic E-state index is 0.124. The van der Waals surface area contributed by atoms with Crippen molar-refractivity contribution in [1.29, 1.82) is 0 Å². The second-order valence-electron chi connectivity index (χ2n) is 10.1. The number of amidine groups is 1. The molecule has 3 N–H and O–H groups in total. The standard InChI is InChI=1S/C24H28N10O3/c1-14-11-17(22(35)27-16-6-7-16)29-32(14)9-8-30-23-28-21-20(34(23)33(24(30)36)12-15-4-5-15)19(26-13-31(21)25)18-3-2-10-37-18/h2-3,10-11,13,15-16,23H,4-9,12,25H2,1H3,(H,27,35). The summed E-state index contributed by atoms with van der Waals surface area (Å²) in [5.41, 5.74) is 2.48. The average Bonchev–Trinajstić information content (AvgIpc) is 3.70. The van der Waals surface area contributed by atoms with Gasteiger partial charge >= 0.3 is 6.03 Å². The Balaban J connectivity index is 1.18. The minimum atomic E-state index is -0.595. The number of aromatic nitrogens is 2. The van der Waals surface area contributed by atoms with Crippen LogP contribution < -0.4 is 11.2 Å². The molecule has 3 aliphatic heterocycles. The van der Waals surface area contributed by atoms with Gasteiger partial charge < -0.3 is 9.73 Å². The molecular weight excluding hydrogens is 476 g/mol. The molecule has 1 atom stereocenters. The molecule has 7 rings (SSSR count). The summed E-state index contributed by atoms with van der Waals surface area (Å²) in [6.45, 7) is 3.30. The van der Waals surface area contributed by atoms with E-state index in [2.05, 4.69) is 15.4 Å². The summed E-state index contributed by atoms with van der Waals surface area (Å²) in [5.74, 6) is 7.63. The monoisotopic (exact) mass is 504 g/mol. The quantitative estimate of drug-likeness (QED) is 0.517. The van der Waals surface area contributed by atoms with E-state index in [9.17, 15) is 9.59 Å². The maximum Gasteiger partial charge on any atom is 0.342 e. The molecule has 0 bridgehead atoms. The lowest BCUT2D eigenvalue weighted by Crippen LogP contribution is -2.46. The van der Waals surface area contributed by atoms with Crippen molar-refractivity contribution in [2.75, 3.05) is 13.1 Å². The second kappa shape index (κ2) is 8.20. The van der Waals surface area contributed by atoms with Crippen molar-refractivity contribution >= 4 is 29.8 Å². The van der Waals surface area contributed by atoms with Crippen LogP contribution in [0.5, 0.6) is 0 Å². The van der Waals surface area contributed by atoms with Gasteiger partial charge in [-0.15, -0.1) is 0 Å². The zero-order valence-corrected chi connectivity index (χ0v) is 20.4. The van der Waals surface area contributed by atoms with E-state index in [1.54, 1.807) is 33.0 Å². The molecule has 37 heavy (non-hydrogen) atoms. The van der Waals surface area contributed by atoms with E-state index < -0.39 is 6.29 Å². The van der Waals surface area contributed by atoms with Crippen LogP contribution in [0.2, 0.25) is 0 Å². The van der Waals surface area contributed by atoms with E-state index in [1.165, 1.54) is 11.3 Å². The smallest absolute Gasteiger partial charge is 0.342 e. The summed E-state index contributed by atoms with van der Waals surface area (Å²) in [7, 11) is 0. The average molecular weight is 505 g/mol. The zero-order valence-electron chi connectivity index (χ0n) is 20.4. The van der Waals surface area contributed by atoms with Gasteiger partial charge in [0, 0.05) is 24.8 Å². The van der Waals surface area contributed by atoms with Crippen molar-refractivity contribution in [2.45, 2.75) is 51.5 Å². The van der Waals surface area contributed by atoms with E-state index >= 15 is 0 Å². The number of fused-ring (bicyclic) bond motifs is 3. The molecule has 13 nitrogen and oxygen atoms in total. The van der Waals surface area contributed by atoms with Gasteiger partial charge in [0.25, 0.3) is 5.91 Å².